The maximum absolute atomic E-state index is 12.7. The van der Waals surface area contributed by atoms with Crippen LogP contribution in [0.5, 0.6) is 0 Å². The van der Waals surface area contributed by atoms with Gasteiger partial charge in [0.1, 0.15) is 10.7 Å². The Balaban J connectivity index is 2.01. The van der Waals surface area contributed by atoms with Gasteiger partial charge in [-0.05, 0) is 38.5 Å². The van der Waals surface area contributed by atoms with Crippen LogP contribution in [0.2, 0.25) is 0 Å². The van der Waals surface area contributed by atoms with E-state index in [1.807, 2.05) is 32.0 Å². The minimum absolute atomic E-state index is 0.180. The first-order chi connectivity index (χ1) is 11.1. The van der Waals surface area contributed by atoms with Gasteiger partial charge in [-0.1, -0.05) is 6.07 Å². The molecule has 0 saturated heterocycles. The molecule has 0 unspecified atom stereocenters. The van der Waals surface area contributed by atoms with Crippen molar-refractivity contribution in [2.45, 2.75) is 27.3 Å². The van der Waals surface area contributed by atoms with Crippen LogP contribution in [0.3, 0.4) is 0 Å². The molecule has 7 heteroatoms. The highest BCUT2D eigenvalue weighted by Crippen LogP contribution is 2.31. The molecule has 0 spiro atoms. The molecular formula is C16H15N5OS. The quantitative estimate of drug-likeness (QED) is 0.568. The third kappa shape index (κ3) is 2.08. The van der Waals surface area contributed by atoms with Crippen LogP contribution in [-0.2, 0) is 6.54 Å². The van der Waals surface area contributed by atoms with Crippen molar-refractivity contribution in [2.75, 3.05) is 0 Å². The number of rotatable bonds is 2. The van der Waals surface area contributed by atoms with Gasteiger partial charge >= 0.3 is 5.69 Å². The van der Waals surface area contributed by atoms with E-state index in [1.165, 1.54) is 9.56 Å². The number of fused-ring (bicyclic) bond motifs is 3. The van der Waals surface area contributed by atoms with E-state index in [4.69, 9.17) is 0 Å². The highest BCUT2D eigenvalue weighted by atomic mass is 32.1. The van der Waals surface area contributed by atoms with Gasteiger partial charge in [0, 0.05) is 11.1 Å². The summed E-state index contributed by atoms with van der Waals surface area (Å²) in [6.07, 6.45) is 1.72. The van der Waals surface area contributed by atoms with Crippen molar-refractivity contribution >= 4 is 27.2 Å². The van der Waals surface area contributed by atoms with Crippen molar-refractivity contribution < 1.29 is 0 Å². The van der Waals surface area contributed by atoms with Gasteiger partial charge < -0.3 is 0 Å². The van der Waals surface area contributed by atoms with Gasteiger partial charge in [-0.25, -0.2) is 18.9 Å². The number of hydrogen-bond acceptors (Lipinski definition) is 5. The van der Waals surface area contributed by atoms with Gasteiger partial charge in [0.2, 0.25) is 0 Å². The molecule has 116 valence electrons. The van der Waals surface area contributed by atoms with E-state index in [1.54, 1.807) is 21.9 Å². The standard InChI is InChI=1S/C16H15N5OS/c1-9-10(2)23-15-13(9)14-19-20(8-12-6-4-5-7-17-12)16(22)21(14)11(3)18-15/h4-7H,8H2,1-3H3. The van der Waals surface area contributed by atoms with Crippen LogP contribution in [0.4, 0.5) is 0 Å². The number of thiophene rings is 1. The maximum Gasteiger partial charge on any atom is 0.352 e. The Morgan fingerprint density at radius 2 is 2.04 bits per heavy atom. The van der Waals surface area contributed by atoms with Crippen LogP contribution < -0.4 is 5.69 Å². The van der Waals surface area contributed by atoms with Crippen molar-refractivity contribution in [1.29, 1.82) is 0 Å². The van der Waals surface area contributed by atoms with Crippen molar-refractivity contribution in [3.63, 3.8) is 0 Å². The highest BCUT2D eigenvalue weighted by Gasteiger charge is 2.18. The second-order valence-corrected chi connectivity index (χ2v) is 6.75. The molecular weight excluding hydrogens is 310 g/mol. The number of nitrogens with zero attached hydrogens (tertiary/aromatic N) is 5. The predicted molar refractivity (Wildman–Crippen MR) is 90.2 cm³/mol. The molecule has 0 aliphatic rings. The molecule has 4 rings (SSSR count). The first-order valence-corrected chi connectivity index (χ1v) is 8.13. The van der Waals surface area contributed by atoms with E-state index in [0.29, 0.717) is 18.0 Å². The molecule has 0 amide bonds. The second-order valence-electron chi connectivity index (χ2n) is 5.54. The molecule has 4 heterocycles. The number of aromatic nitrogens is 5. The lowest BCUT2D eigenvalue weighted by atomic mass is 10.2. The summed E-state index contributed by atoms with van der Waals surface area (Å²) < 4.78 is 3.04. The average molecular weight is 325 g/mol. The Hall–Kier alpha value is -2.54. The average Bonchev–Trinajstić information content (AvgIpc) is 2.99. The van der Waals surface area contributed by atoms with E-state index < -0.39 is 0 Å². The SMILES string of the molecule is Cc1sc2nc(C)n3c(=O)n(Cc4ccccn4)nc3c2c1C. The summed E-state index contributed by atoms with van der Waals surface area (Å²) >= 11 is 1.64. The van der Waals surface area contributed by atoms with Gasteiger partial charge in [0.15, 0.2) is 5.65 Å². The van der Waals surface area contributed by atoms with E-state index in [0.717, 1.165) is 21.5 Å². The largest absolute Gasteiger partial charge is 0.352 e. The van der Waals surface area contributed by atoms with E-state index in [9.17, 15) is 4.79 Å². The lowest BCUT2D eigenvalue weighted by Gasteiger charge is -1.98. The fraction of sp³-hybridized carbons (Fsp3) is 0.250. The normalized spacial score (nSPS) is 11.6. The first kappa shape index (κ1) is 14.1. The lowest BCUT2D eigenvalue weighted by molar-refractivity contribution is 0.644. The van der Waals surface area contributed by atoms with Gasteiger partial charge in [0.25, 0.3) is 0 Å². The van der Waals surface area contributed by atoms with Crippen LogP contribution in [0.25, 0.3) is 15.9 Å². The van der Waals surface area contributed by atoms with Gasteiger partial charge in [0.05, 0.1) is 17.6 Å². The van der Waals surface area contributed by atoms with Gasteiger partial charge in [-0.15, -0.1) is 16.4 Å². The smallest absolute Gasteiger partial charge is 0.259 e. The van der Waals surface area contributed by atoms with E-state index >= 15 is 0 Å². The molecule has 0 aliphatic heterocycles. The summed E-state index contributed by atoms with van der Waals surface area (Å²) in [5.41, 5.74) is 2.44. The number of aryl methyl sites for hydroxylation is 3. The Morgan fingerprint density at radius 1 is 1.22 bits per heavy atom. The Bertz CT molecular complexity index is 1090. The Kier molecular flexibility index (Phi) is 3.05. The predicted octanol–water partition coefficient (Wildman–Crippen LogP) is 2.47. The number of pyridine rings is 1. The van der Waals surface area contributed by atoms with E-state index in [2.05, 4.69) is 22.0 Å². The summed E-state index contributed by atoms with van der Waals surface area (Å²) in [4.78, 5) is 23.7. The molecule has 0 atom stereocenters. The van der Waals surface area contributed by atoms with Crippen molar-refractivity contribution in [2.24, 2.45) is 0 Å². The lowest BCUT2D eigenvalue weighted by Crippen LogP contribution is -2.23. The molecule has 6 nitrogen and oxygen atoms in total. The topological polar surface area (TPSA) is 65.1 Å². The zero-order chi connectivity index (χ0) is 16.1. The van der Waals surface area contributed by atoms with Gasteiger partial charge in [-0.3, -0.25) is 4.98 Å². The molecule has 0 bridgehead atoms. The summed E-state index contributed by atoms with van der Waals surface area (Å²) in [6.45, 7) is 6.30. The van der Waals surface area contributed by atoms with Crippen molar-refractivity contribution in [3.8, 4) is 0 Å². The Morgan fingerprint density at radius 3 is 2.78 bits per heavy atom. The molecule has 0 saturated carbocycles. The minimum atomic E-state index is -0.180. The summed E-state index contributed by atoms with van der Waals surface area (Å²) in [7, 11) is 0. The number of hydrogen-bond donors (Lipinski definition) is 0. The van der Waals surface area contributed by atoms with Crippen LogP contribution in [0.1, 0.15) is 22.0 Å². The molecule has 23 heavy (non-hydrogen) atoms. The minimum Gasteiger partial charge on any atom is -0.259 e. The fourth-order valence-corrected chi connectivity index (χ4v) is 3.83. The molecule has 0 fully saturated rings. The Labute approximate surface area is 136 Å². The van der Waals surface area contributed by atoms with Crippen molar-refractivity contribution in [3.05, 3.63) is 56.8 Å². The van der Waals surface area contributed by atoms with Crippen LogP contribution in [-0.4, -0.2) is 24.1 Å². The van der Waals surface area contributed by atoms with Gasteiger partial charge in [-0.2, -0.15) is 0 Å². The monoisotopic (exact) mass is 325 g/mol. The third-order valence-corrected chi connectivity index (χ3v) is 5.16. The van der Waals surface area contributed by atoms with Crippen molar-refractivity contribution in [1.82, 2.24) is 24.1 Å². The molecule has 4 aromatic rings. The zero-order valence-corrected chi connectivity index (χ0v) is 13.9. The fourth-order valence-electron chi connectivity index (χ4n) is 2.76. The summed E-state index contributed by atoms with van der Waals surface area (Å²) in [6, 6.07) is 5.64. The van der Waals surface area contributed by atoms with Crippen LogP contribution in [0.15, 0.2) is 29.2 Å². The maximum atomic E-state index is 12.7. The molecule has 0 aromatic carbocycles. The molecule has 4 aromatic heterocycles. The summed E-state index contributed by atoms with van der Waals surface area (Å²) in [5.74, 6) is 0.658. The second kappa shape index (κ2) is 4.99. The molecule has 0 radical (unpaired) electrons. The van der Waals surface area contributed by atoms with Crippen LogP contribution in [0, 0.1) is 20.8 Å². The zero-order valence-electron chi connectivity index (χ0n) is 13.1. The van der Waals surface area contributed by atoms with E-state index in [-0.39, 0.29) is 5.69 Å². The molecule has 0 aliphatic carbocycles. The summed E-state index contributed by atoms with van der Waals surface area (Å²) in [5, 5.41) is 5.53. The first-order valence-electron chi connectivity index (χ1n) is 7.32. The highest BCUT2D eigenvalue weighted by molar-refractivity contribution is 7.18. The third-order valence-electron chi connectivity index (χ3n) is 4.05. The van der Waals surface area contributed by atoms with Crippen LogP contribution >= 0.6 is 11.3 Å². The molecule has 0 N–H and O–H groups in total.